The summed E-state index contributed by atoms with van der Waals surface area (Å²) in [5, 5.41) is 11.9. The fraction of sp³-hybridized carbons (Fsp3) is 0.909. The summed E-state index contributed by atoms with van der Waals surface area (Å²) in [5.74, 6) is -0.739. The smallest absolute Gasteiger partial charge is 0.304 e. The zero-order valence-electron chi connectivity index (χ0n) is 9.77. The molecule has 0 aromatic rings. The largest absolute Gasteiger partial charge is 0.481 e. The number of carboxylic acids is 1. The zero-order chi connectivity index (χ0) is 11.2. The number of aliphatic carboxylic acids is 1. The molecule has 1 rings (SSSR count). The van der Waals surface area contributed by atoms with Crippen molar-refractivity contribution in [3.63, 3.8) is 0 Å². The highest BCUT2D eigenvalue weighted by molar-refractivity contribution is 5.66. The standard InChI is InChI=1S/C11H21NO2/c1-9(2)10(3,4)11(9,5)12-7-6-8(13)14/h12H,6-7H2,1-5H3,(H,13,14). The van der Waals surface area contributed by atoms with Gasteiger partial charge in [-0.3, -0.25) is 4.79 Å². The second-order valence-electron chi connectivity index (χ2n) is 5.45. The highest BCUT2D eigenvalue weighted by Gasteiger charge is 2.73. The lowest BCUT2D eigenvalue weighted by Crippen LogP contribution is -2.36. The number of hydrogen-bond acceptors (Lipinski definition) is 2. The van der Waals surface area contributed by atoms with E-state index in [0.717, 1.165) is 0 Å². The Bertz CT molecular complexity index is 242. The van der Waals surface area contributed by atoms with Gasteiger partial charge in [-0.1, -0.05) is 27.7 Å². The minimum Gasteiger partial charge on any atom is -0.481 e. The zero-order valence-corrected chi connectivity index (χ0v) is 9.77. The van der Waals surface area contributed by atoms with E-state index in [-0.39, 0.29) is 22.8 Å². The fourth-order valence-electron chi connectivity index (χ4n) is 2.46. The van der Waals surface area contributed by atoms with Crippen LogP contribution in [-0.2, 0) is 4.79 Å². The SMILES string of the molecule is CC1(C)C(C)(C)C1(C)NCCC(=O)O. The number of nitrogens with one attached hydrogen (secondary N) is 1. The molecule has 0 heterocycles. The molecule has 1 fully saturated rings. The van der Waals surface area contributed by atoms with Gasteiger partial charge in [0.1, 0.15) is 0 Å². The Morgan fingerprint density at radius 1 is 1.14 bits per heavy atom. The molecule has 1 aliphatic carbocycles. The number of rotatable bonds is 4. The molecule has 0 bridgehead atoms. The first kappa shape index (κ1) is 11.5. The number of hydrogen-bond donors (Lipinski definition) is 2. The predicted octanol–water partition coefficient (Wildman–Crippen LogP) is 1.88. The second-order valence-corrected chi connectivity index (χ2v) is 5.45. The van der Waals surface area contributed by atoms with E-state index in [2.05, 4.69) is 39.9 Å². The van der Waals surface area contributed by atoms with E-state index in [4.69, 9.17) is 5.11 Å². The third-order valence-corrected chi connectivity index (χ3v) is 4.82. The van der Waals surface area contributed by atoms with Crippen molar-refractivity contribution in [1.29, 1.82) is 0 Å². The molecule has 0 aromatic carbocycles. The van der Waals surface area contributed by atoms with Crippen LogP contribution in [0.2, 0.25) is 0 Å². The average molecular weight is 199 g/mol. The van der Waals surface area contributed by atoms with Gasteiger partial charge in [0.25, 0.3) is 0 Å². The van der Waals surface area contributed by atoms with Crippen molar-refractivity contribution in [1.82, 2.24) is 5.32 Å². The Balaban J connectivity index is 2.51. The van der Waals surface area contributed by atoms with Gasteiger partial charge in [-0.05, 0) is 17.8 Å². The van der Waals surface area contributed by atoms with E-state index >= 15 is 0 Å². The van der Waals surface area contributed by atoms with Gasteiger partial charge in [-0.25, -0.2) is 0 Å². The summed E-state index contributed by atoms with van der Waals surface area (Å²) in [6, 6.07) is 0. The van der Waals surface area contributed by atoms with E-state index in [1.54, 1.807) is 0 Å². The lowest BCUT2D eigenvalue weighted by molar-refractivity contribution is -0.136. The van der Waals surface area contributed by atoms with Crippen LogP contribution >= 0.6 is 0 Å². The molecule has 0 radical (unpaired) electrons. The molecule has 0 aliphatic heterocycles. The molecule has 2 N–H and O–H groups in total. The van der Waals surface area contributed by atoms with E-state index in [1.807, 2.05) is 0 Å². The molecule has 82 valence electrons. The highest BCUT2D eigenvalue weighted by Crippen LogP contribution is 2.70. The first-order valence-electron chi connectivity index (χ1n) is 5.13. The minimum atomic E-state index is -0.739. The van der Waals surface area contributed by atoms with Gasteiger partial charge in [0.2, 0.25) is 0 Å². The van der Waals surface area contributed by atoms with Crippen LogP contribution in [0.5, 0.6) is 0 Å². The molecular formula is C11H21NO2. The first-order valence-corrected chi connectivity index (χ1v) is 5.13. The maximum atomic E-state index is 10.4. The molecule has 0 amide bonds. The topological polar surface area (TPSA) is 49.3 Å². The van der Waals surface area contributed by atoms with Gasteiger partial charge < -0.3 is 10.4 Å². The first-order chi connectivity index (χ1) is 6.17. The Kier molecular flexibility index (Phi) is 2.43. The fourth-order valence-corrected chi connectivity index (χ4v) is 2.46. The van der Waals surface area contributed by atoms with Crippen molar-refractivity contribution in [2.45, 2.75) is 46.6 Å². The van der Waals surface area contributed by atoms with Crippen LogP contribution in [0.1, 0.15) is 41.0 Å². The average Bonchev–Trinajstić information content (AvgIpc) is 2.29. The molecule has 0 spiro atoms. The Morgan fingerprint density at radius 2 is 1.57 bits per heavy atom. The maximum absolute atomic E-state index is 10.4. The van der Waals surface area contributed by atoms with Gasteiger partial charge in [0, 0.05) is 12.1 Å². The van der Waals surface area contributed by atoms with Crippen LogP contribution in [0.25, 0.3) is 0 Å². The summed E-state index contributed by atoms with van der Waals surface area (Å²) in [6.45, 7) is 11.6. The molecule has 1 aliphatic rings. The van der Waals surface area contributed by atoms with Crippen molar-refractivity contribution in [3.05, 3.63) is 0 Å². The van der Waals surface area contributed by atoms with Crippen LogP contribution < -0.4 is 5.32 Å². The van der Waals surface area contributed by atoms with Gasteiger partial charge in [0.15, 0.2) is 0 Å². The van der Waals surface area contributed by atoms with Crippen molar-refractivity contribution >= 4 is 5.97 Å². The molecule has 0 aromatic heterocycles. The van der Waals surface area contributed by atoms with Crippen LogP contribution in [0.4, 0.5) is 0 Å². The predicted molar refractivity (Wildman–Crippen MR) is 56.2 cm³/mol. The Labute approximate surface area is 85.9 Å². The molecule has 14 heavy (non-hydrogen) atoms. The van der Waals surface area contributed by atoms with Gasteiger partial charge in [0.05, 0.1) is 6.42 Å². The normalized spacial score (nSPS) is 25.8. The third kappa shape index (κ3) is 1.26. The van der Waals surface area contributed by atoms with E-state index in [0.29, 0.717) is 6.54 Å². The molecular weight excluding hydrogens is 178 g/mol. The van der Waals surface area contributed by atoms with Crippen LogP contribution in [-0.4, -0.2) is 23.2 Å². The summed E-state index contributed by atoms with van der Waals surface area (Å²) >= 11 is 0. The summed E-state index contributed by atoms with van der Waals surface area (Å²) in [7, 11) is 0. The van der Waals surface area contributed by atoms with Crippen molar-refractivity contribution in [2.24, 2.45) is 10.8 Å². The molecule has 1 saturated carbocycles. The summed E-state index contributed by atoms with van der Waals surface area (Å²) in [6.07, 6.45) is 0.196. The molecule has 3 heteroatoms. The quantitative estimate of drug-likeness (QED) is 0.726. The monoisotopic (exact) mass is 199 g/mol. The summed E-state index contributed by atoms with van der Waals surface area (Å²) < 4.78 is 0. The van der Waals surface area contributed by atoms with Gasteiger partial charge >= 0.3 is 5.97 Å². The minimum absolute atomic E-state index is 0.0649. The number of carboxylic acid groups (broad SMARTS) is 1. The van der Waals surface area contributed by atoms with Crippen LogP contribution in [0.15, 0.2) is 0 Å². The summed E-state index contributed by atoms with van der Waals surface area (Å²) in [5.41, 5.74) is 0.534. The number of carbonyl (C=O) groups is 1. The van der Waals surface area contributed by atoms with Gasteiger partial charge in [-0.15, -0.1) is 0 Å². The molecule has 0 unspecified atom stereocenters. The van der Waals surface area contributed by atoms with Crippen molar-refractivity contribution in [3.8, 4) is 0 Å². The van der Waals surface area contributed by atoms with Crippen LogP contribution in [0.3, 0.4) is 0 Å². The second kappa shape index (κ2) is 2.96. The lowest BCUT2D eigenvalue weighted by atomic mass is 10.0. The lowest BCUT2D eigenvalue weighted by Gasteiger charge is -2.17. The molecule has 0 saturated heterocycles. The highest BCUT2D eigenvalue weighted by atomic mass is 16.4. The Hall–Kier alpha value is -0.570. The van der Waals surface area contributed by atoms with Crippen molar-refractivity contribution < 1.29 is 9.90 Å². The van der Waals surface area contributed by atoms with E-state index in [1.165, 1.54) is 0 Å². The van der Waals surface area contributed by atoms with E-state index < -0.39 is 5.97 Å². The van der Waals surface area contributed by atoms with Gasteiger partial charge in [-0.2, -0.15) is 0 Å². The Morgan fingerprint density at radius 3 is 1.86 bits per heavy atom. The molecule has 0 atom stereocenters. The van der Waals surface area contributed by atoms with Crippen molar-refractivity contribution in [2.75, 3.05) is 6.54 Å². The summed E-state index contributed by atoms with van der Waals surface area (Å²) in [4.78, 5) is 10.4. The van der Waals surface area contributed by atoms with E-state index in [9.17, 15) is 4.79 Å². The third-order valence-electron chi connectivity index (χ3n) is 4.82. The maximum Gasteiger partial charge on any atom is 0.304 e. The molecule has 3 nitrogen and oxygen atoms in total. The van der Waals surface area contributed by atoms with Crippen LogP contribution in [0, 0.1) is 10.8 Å².